The van der Waals surface area contributed by atoms with Crippen molar-refractivity contribution in [2.24, 2.45) is 5.73 Å². The van der Waals surface area contributed by atoms with Gasteiger partial charge in [-0.25, -0.2) is 4.98 Å². The Morgan fingerprint density at radius 3 is 2.67 bits per heavy atom. The van der Waals surface area contributed by atoms with Crippen molar-refractivity contribution < 1.29 is 4.79 Å². The summed E-state index contributed by atoms with van der Waals surface area (Å²) >= 11 is 6.46. The van der Waals surface area contributed by atoms with Gasteiger partial charge in [0.05, 0.1) is 17.3 Å². The van der Waals surface area contributed by atoms with Gasteiger partial charge < -0.3 is 16.0 Å². The minimum absolute atomic E-state index is 0.369. The van der Waals surface area contributed by atoms with Crippen LogP contribution in [0.5, 0.6) is 0 Å². The van der Waals surface area contributed by atoms with Gasteiger partial charge in [-0.2, -0.15) is 4.98 Å². The van der Waals surface area contributed by atoms with Crippen molar-refractivity contribution in [2.45, 2.75) is 26.2 Å². The largest absolute Gasteiger partial charge is 0.371 e. The smallest absolute Gasteiger partial charge is 0.250 e. The number of carbonyl (C=O) groups is 1. The van der Waals surface area contributed by atoms with Gasteiger partial charge in [0.1, 0.15) is 5.02 Å². The van der Waals surface area contributed by atoms with Crippen molar-refractivity contribution in [3.63, 3.8) is 0 Å². The van der Waals surface area contributed by atoms with Gasteiger partial charge >= 0.3 is 0 Å². The first-order valence-electron chi connectivity index (χ1n) is 11.1. The summed E-state index contributed by atoms with van der Waals surface area (Å²) in [6.07, 6.45) is 7.02. The van der Waals surface area contributed by atoms with Crippen LogP contribution in [0.1, 0.15) is 35.2 Å². The molecule has 1 aliphatic heterocycles. The van der Waals surface area contributed by atoms with E-state index in [1.165, 1.54) is 30.5 Å². The summed E-state index contributed by atoms with van der Waals surface area (Å²) in [6, 6.07) is 13.8. The number of nitrogens with zero attached hydrogens (tertiary/aromatic N) is 4. The molecule has 8 heteroatoms. The van der Waals surface area contributed by atoms with Gasteiger partial charge in [0, 0.05) is 36.0 Å². The van der Waals surface area contributed by atoms with Crippen LogP contribution in [-0.2, 0) is 0 Å². The van der Waals surface area contributed by atoms with E-state index < -0.39 is 5.91 Å². The standard InChI is InChI=1S/C25H25ClN6O/c1-16-13-17(9-10-21(16)31-11-5-2-6-12-31)29-25-28-14-20(26)24(30-25)32-15-19(23(27)33)18-7-3-4-8-22(18)32/h3-4,7-10,13-15H,2,5-6,11-12H2,1H3,(H2,27,33)(H,28,29,30). The highest BCUT2D eigenvalue weighted by atomic mass is 35.5. The molecule has 0 radical (unpaired) electrons. The Morgan fingerprint density at radius 2 is 1.91 bits per heavy atom. The molecule has 2 aromatic carbocycles. The molecule has 4 aromatic rings. The number of hydrogen-bond acceptors (Lipinski definition) is 5. The molecule has 1 amide bonds. The number of primary amides is 1. The van der Waals surface area contributed by atoms with Crippen molar-refractivity contribution in [1.29, 1.82) is 0 Å². The Hall–Kier alpha value is -3.58. The minimum atomic E-state index is -0.502. The molecule has 0 aliphatic carbocycles. The summed E-state index contributed by atoms with van der Waals surface area (Å²) in [6.45, 7) is 4.34. The highest BCUT2D eigenvalue weighted by Gasteiger charge is 2.17. The van der Waals surface area contributed by atoms with Crippen LogP contribution < -0.4 is 16.0 Å². The summed E-state index contributed by atoms with van der Waals surface area (Å²) in [5, 5.41) is 4.40. The van der Waals surface area contributed by atoms with Gasteiger partial charge in [0.25, 0.3) is 5.91 Å². The van der Waals surface area contributed by atoms with E-state index in [4.69, 9.17) is 17.3 Å². The Balaban J connectivity index is 1.47. The molecule has 0 saturated carbocycles. The molecule has 0 spiro atoms. The predicted molar refractivity (Wildman–Crippen MR) is 133 cm³/mol. The molecule has 33 heavy (non-hydrogen) atoms. The van der Waals surface area contributed by atoms with Crippen molar-refractivity contribution in [1.82, 2.24) is 14.5 Å². The maximum Gasteiger partial charge on any atom is 0.250 e. The van der Waals surface area contributed by atoms with Crippen LogP contribution in [0.2, 0.25) is 5.02 Å². The van der Waals surface area contributed by atoms with Crippen LogP contribution in [0.4, 0.5) is 17.3 Å². The average Bonchev–Trinajstić information content (AvgIpc) is 3.21. The molecule has 0 unspecified atom stereocenters. The Morgan fingerprint density at radius 1 is 1.12 bits per heavy atom. The molecule has 1 saturated heterocycles. The Kier molecular flexibility index (Phi) is 5.64. The molecular formula is C25H25ClN6O. The molecule has 1 aliphatic rings. The van der Waals surface area contributed by atoms with Crippen LogP contribution in [0.3, 0.4) is 0 Å². The second-order valence-corrected chi connectivity index (χ2v) is 8.74. The monoisotopic (exact) mass is 460 g/mol. The summed E-state index contributed by atoms with van der Waals surface area (Å²) < 4.78 is 1.77. The molecule has 0 bridgehead atoms. The first-order valence-corrected chi connectivity index (χ1v) is 11.4. The number of para-hydroxylation sites is 1. The summed E-state index contributed by atoms with van der Waals surface area (Å²) in [4.78, 5) is 23.4. The topological polar surface area (TPSA) is 89.1 Å². The quantitative estimate of drug-likeness (QED) is 0.426. The molecule has 168 valence electrons. The lowest BCUT2D eigenvalue weighted by Gasteiger charge is -2.30. The lowest BCUT2D eigenvalue weighted by molar-refractivity contribution is 0.100. The van der Waals surface area contributed by atoms with E-state index in [0.29, 0.717) is 22.4 Å². The average molecular weight is 461 g/mol. The second kappa shape index (κ2) is 8.75. The third-order valence-electron chi connectivity index (χ3n) is 6.08. The second-order valence-electron chi connectivity index (χ2n) is 8.33. The zero-order valence-electron chi connectivity index (χ0n) is 18.4. The normalized spacial score (nSPS) is 13.9. The van der Waals surface area contributed by atoms with Gasteiger partial charge in [-0.1, -0.05) is 29.8 Å². The van der Waals surface area contributed by atoms with Gasteiger partial charge in [-0.05, 0) is 56.0 Å². The number of hydrogen-bond donors (Lipinski definition) is 2. The van der Waals surface area contributed by atoms with Gasteiger partial charge in [0.15, 0.2) is 5.82 Å². The highest BCUT2D eigenvalue weighted by Crippen LogP contribution is 2.30. The molecule has 7 nitrogen and oxygen atoms in total. The van der Waals surface area contributed by atoms with Gasteiger partial charge in [0.2, 0.25) is 5.95 Å². The minimum Gasteiger partial charge on any atom is -0.371 e. The molecule has 2 aromatic heterocycles. The zero-order valence-corrected chi connectivity index (χ0v) is 19.1. The van der Waals surface area contributed by atoms with Crippen molar-refractivity contribution >= 4 is 45.7 Å². The number of nitrogens with two attached hydrogens (primary N) is 1. The van der Waals surface area contributed by atoms with Gasteiger partial charge in [-0.15, -0.1) is 0 Å². The van der Waals surface area contributed by atoms with Crippen LogP contribution >= 0.6 is 11.6 Å². The first kappa shape index (κ1) is 21.3. The molecule has 3 heterocycles. The maximum atomic E-state index is 12.0. The van der Waals surface area contributed by atoms with Crippen LogP contribution in [0, 0.1) is 6.92 Å². The number of amides is 1. The van der Waals surface area contributed by atoms with Crippen LogP contribution in [0.25, 0.3) is 16.7 Å². The third kappa shape index (κ3) is 4.12. The number of benzene rings is 2. The summed E-state index contributed by atoms with van der Waals surface area (Å²) in [7, 11) is 0. The van der Waals surface area contributed by atoms with Crippen LogP contribution in [-0.4, -0.2) is 33.5 Å². The van der Waals surface area contributed by atoms with E-state index in [1.54, 1.807) is 17.0 Å². The number of halogens is 1. The molecule has 3 N–H and O–H groups in total. The van der Waals surface area contributed by atoms with Crippen molar-refractivity contribution in [2.75, 3.05) is 23.3 Å². The number of nitrogens with one attached hydrogen (secondary N) is 1. The maximum absolute atomic E-state index is 12.0. The fourth-order valence-electron chi connectivity index (χ4n) is 4.49. The number of aromatic nitrogens is 3. The number of aryl methyl sites for hydroxylation is 1. The molecule has 1 fully saturated rings. The third-order valence-corrected chi connectivity index (χ3v) is 6.35. The lowest BCUT2D eigenvalue weighted by atomic mass is 10.1. The number of anilines is 3. The van der Waals surface area contributed by atoms with E-state index in [-0.39, 0.29) is 0 Å². The van der Waals surface area contributed by atoms with Crippen molar-refractivity contribution in [3.05, 3.63) is 71.0 Å². The fraction of sp³-hybridized carbons (Fsp3) is 0.240. The van der Waals surface area contributed by atoms with E-state index in [1.807, 2.05) is 30.3 Å². The molecule has 0 atom stereocenters. The zero-order chi connectivity index (χ0) is 22.9. The first-order chi connectivity index (χ1) is 16.0. The van der Waals surface area contributed by atoms with Crippen LogP contribution in [0.15, 0.2) is 54.9 Å². The summed E-state index contributed by atoms with van der Waals surface area (Å²) in [5.74, 6) is 0.384. The Labute approximate surface area is 197 Å². The number of carbonyl (C=O) groups excluding carboxylic acids is 1. The SMILES string of the molecule is Cc1cc(Nc2ncc(Cl)c(-n3cc(C(N)=O)c4ccccc43)n2)ccc1N1CCCCC1. The fourth-order valence-corrected chi connectivity index (χ4v) is 4.67. The molecule has 5 rings (SSSR count). The van der Waals surface area contributed by atoms with E-state index in [2.05, 4.69) is 39.2 Å². The predicted octanol–water partition coefficient (Wildman–Crippen LogP) is 5.22. The van der Waals surface area contributed by atoms with E-state index in [9.17, 15) is 4.79 Å². The summed E-state index contributed by atoms with van der Waals surface area (Å²) in [5.41, 5.74) is 10.2. The molecular weight excluding hydrogens is 436 g/mol. The Bertz CT molecular complexity index is 1340. The van der Waals surface area contributed by atoms with E-state index >= 15 is 0 Å². The lowest BCUT2D eigenvalue weighted by Crippen LogP contribution is -2.29. The number of fused-ring (bicyclic) bond motifs is 1. The van der Waals surface area contributed by atoms with Gasteiger partial charge in [-0.3, -0.25) is 9.36 Å². The van der Waals surface area contributed by atoms with E-state index in [0.717, 1.165) is 29.7 Å². The highest BCUT2D eigenvalue weighted by molar-refractivity contribution is 6.32. The van der Waals surface area contributed by atoms with Crippen molar-refractivity contribution in [3.8, 4) is 5.82 Å². The number of piperidine rings is 1. The number of rotatable bonds is 5.